The zero-order valence-electron chi connectivity index (χ0n) is 19.7. The van der Waals surface area contributed by atoms with Gasteiger partial charge in [0.25, 0.3) is 0 Å². The Kier molecular flexibility index (Phi) is 7.66. The van der Waals surface area contributed by atoms with Crippen LogP contribution in [0.1, 0.15) is 12.7 Å². The number of furan rings is 1. The maximum Gasteiger partial charge on any atom is 0.243 e. The number of ether oxygens (including phenoxy) is 1. The summed E-state index contributed by atoms with van der Waals surface area (Å²) >= 11 is 14.1. The molecule has 0 unspecified atom stereocenters. The summed E-state index contributed by atoms with van der Waals surface area (Å²) in [5, 5.41) is 7.72. The van der Waals surface area contributed by atoms with Crippen LogP contribution < -0.4 is 4.80 Å². The van der Waals surface area contributed by atoms with E-state index in [-0.39, 0.29) is 4.90 Å². The lowest BCUT2D eigenvalue weighted by atomic mass is 10.2. The van der Waals surface area contributed by atoms with Crippen LogP contribution in [0.25, 0.3) is 11.3 Å². The molecule has 12 heteroatoms. The van der Waals surface area contributed by atoms with Gasteiger partial charge < -0.3 is 9.15 Å². The topological polar surface area (TPSA) is 89.4 Å². The van der Waals surface area contributed by atoms with Crippen molar-refractivity contribution in [2.45, 2.75) is 11.8 Å². The Hall–Kier alpha value is -2.73. The predicted molar refractivity (Wildman–Crippen MR) is 145 cm³/mol. The fourth-order valence-corrected chi connectivity index (χ4v) is 6.41. The lowest BCUT2D eigenvalue weighted by Gasteiger charge is -2.26. The van der Waals surface area contributed by atoms with Crippen molar-refractivity contribution in [2.24, 2.45) is 10.1 Å². The molecular weight excluding hydrogens is 555 g/mol. The maximum absolute atomic E-state index is 13.0. The molecule has 1 aliphatic heterocycles. The highest BCUT2D eigenvalue weighted by Gasteiger charge is 2.26. The van der Waals surface area contributed by atoms with Crippen LogP contribution in [0.5, 0.6) is 0 Å². The Morgan fingerprint density at radius 1 is 1.05 bits per heavy atom. The van der Waals surface area contributed by atoms with Gasteiger partial charge in [-0.25, -0.2) is 18.1 Å². The van der Waals surface area contributed by atoms with Crippen LogP contribution in [-0.4, -0.2) is 49.4 Å². The highest BCUT2D eigenvalue weighted by molar-refractivity contribution is 7.89. The number of morpholine rings is 1. The number of nitrogens with zero attached hydrogens (tertiary/aromatic N) is 4. The van der Waals surface area contributed by atoms with E-state index in [1.807, 2.05) is 18.4 Å². The number of hydrogen-bond donors (Lipinski definition) is 0. The molecule has 1 aliphatic rings. The first kappa shape index (κ1) is 25.9. The molecule has 0 amide bonds. The van der Waals surface area contributed by atoms with Gasteiger partial charge in [-0.05, 0) is 61.5 Å². The van der Waals surface area contributed by atoms with Gasteiger partial charge in [-0.3, -0.25) is 0 Å². The molecule has 5 rings (SSSR count). The highest BCUT2D eigenvalue weighted by atomic mass is 35.5. The van der Waals surface area contributed by atoms with Gasteiger partial charge in [0.1, 0.15) is 11.5 Å². The van der Waals surface area contributed by atoms with E-state index in [4.69, 9.17) is 42.4 Å². The van der Waals surface area contributed by atoms with Crippen LogP contribution in [0, 0.1) is 0 Å². The summed E-state index contributed by atoms with van der Waals surface area (Å²) in [5.41, 5.74) is 2.62. The predicted octanol–water partition coefficient (Wildman–Crippen LogP) is 5.64. The van der Waals surface area contributed by atoms with Crippen molar-refractivity contribution < 1.29 is 17.6 Å². The van der Waals surface area contributed by atoms with Gasteiger partial charge in [0, 0.05) is 29.1 Å². The third kappa shape index (κ3) is 5.59. The number of aromatic nitrogens is 1. The summed E-state index contributed by atoms with van der Waals surface area (Å²) in [7, 11) is -3.59. The fraction of sp³-hybridized carbons (Fsp3) is 0.200. The minimum atomic E-state index is -3.59. The average molecular weight is 578 g/mol. The monoisotopic (exact) mass is 576 g/mol. The van der Waals surface area contributed by atoms with Crippen molar-refractivity contribution in [3.8, 4) is 11.3 Å². The van der Waals surface area contributed by atoms with E-state index in [2.05, 4.69) is 0 Å². The normalized spacial score (nSPS) is 15.9. The molecule has 0 bridgehead atoms. The van der Waals surface area contributed by atoms with E-state index < -0.39 is 10.0 Å². The number of hydrogen-bond acceptors (Lipinski definition) is 7. The van der Waals surface area contributed by atoms with Crippen LogP contribution >= 0.6 is 34.5 Å². The van der Waals surface area contributed by atoms with Crippen LogP contribution in [-0.2, 0) is 14.8 Å². The fourth-order valence-electron chi connectivity index (χ4n) is 3.78. The summed E-state index contributed by atoms with van der Waals surface area (Å²) in [6, 6.07) is 15.3. The van der Waals surface area contributed by atoms with Crippen LogP contribution in [0.4, 0.5) is 5.69 Å². The Morgan fingerprint density at radius 2 is 1.81 bits per heavy atom. The molecule has 0 saturated carbocycles. The lowest BCUT2D eigenvalue weighted by Crippen LogP contribution is -2.40. The van der Waals surface area contributed by atoms with Gasteiger partial charge in [0.2, 0.25) is 14.8 Å². The zero-order valence-corrected chi connectivity index (χ0v) is 22.8. The summed E-state index contributed by atoms with van der Waals surface area (Å²) in [6.07, 6.45) is 1.58. The number of benzene rings is 2. The van der Waals surface area contributed by atoms with E-state index in [1.165, 1.54) is 15.6 Å². The second-order valence-corrected chi connectivity index (χ2v) is 11.7. The molecule has 192 valence electrons. The first-order valence-electron chi connectivity index (χ1n) is 11.3. The summed E-state index contributed by atoms with van der Waals surface area (Å²) in [4.78, 5) is 5.52. The van der Waals surface area contributed by atoms with Crippen molar-refractivity contribution in [1.29, 1.82) is 0 Å². The standard InChI is InChI=1S/C25H22Cl2N4O4S2/c1-17(24-3-2-12-35-24)29-31-23(21-15-18(26)4-9-22(21)27)16-36-25(31)28-19-5-7-20(8-6-19)37(32,33)30-10-13-34-14-11-30/h2-9,12,15-16H,10-11,13-14H2,1H3. The van der Waals surface area contributed by atoms with Crippen LogP contribution in [0.3, 0.4) is 0 Å². The van der Waals surface area contributed by atoms with Crippen molar-refractivity contribution in [3.63, 3.8) is 0 Å². The van der Waals surface area contributed by atoms with Gasteiger partial charge in [0.05, 0.1) is 40.8 Å². The lowest BCUT2D eigenvalue weighted by molar-refractivity contribution is 0.0730. The van der Waals surface area contributed by atoms with Crippen molar-refractivity contribution in [1.82, 2.24) is 8.98 Å². The molecule has 2 aromatic carbocycles. The Labute approximate surface area is 228 Å². The third-order valence-electron chi connectivity index (χ3n) is 5.69. The first-order chi connectivity index (χ1) is 17.8. The Bertz CT molecular complexity index is 1600. The molecule has 0 atom stereocenters. The molecule has 0 spiro atoms. The first-order valence-corrected chi connectivity index (χ1v) is 14.4. The SMILES string of the molecule is CC(=Nn1c(-c2cc(Cl)ccc2Cl)csc1=Nc1ccc(S(=O)(=O)N2CCOCC2)cc1)c1ccco1. The number of sulfonamides is 1. The molecule has 0 aliphatic carbocycles. The number of halogens is 2. The summed E-state index contributed by atoms with van der Waals surface area (Å²) in [5.74, 6) is 0.616. The van der Waals surface area contributed by atoms with E-state index >= 15 is 0 Å². The van der Waals surface area contributed by atoms with E-state index in [1.54, 1.807) is 59.5 Å². The van der Waals surface area contributed by atoms with Gasteiger partial charge in [-0.2, -0.15) is 9.41 Å². The molecule has 0 N–H and O–H groups in total. The van der Waals surface area contributed by atoms with Crippen molar-refractivity contribution >= 4 is 56.0 Å². The summed E-state index contributed by atoms with van der Waals surface area (Å²) in [6.45, 7) is 3.29. The number of rotatable bonds is 6. The van der Waals surface area contributed by atoms with E-state index in [0.717, 1.165) is 0 Å². The largest absolute Gasteiger partial charge is 0.463 e. The molecule has 8 nitrogen and oxygen atoms in total. The third-order valence-corrected chi connectivity index (χ3v) is 8.98. The molecule has 1 fully saturated rings. The molecule has 3 heterocycles. The number of thiazole rings is 1. The van der Waals surface area contributed by atoms with Gasteiger partial charge in [-0.15, -0.1) is 11.3 Å². The van der Waals surface area contributed by atoms with Crippen molar-refractivity contribution in [3.05, 3.63) is 86.8 Å². The van der Waals surface area contributed by atoms with Gasteiger partial charge in [0.15, 0.2) is 0 Å². The minimum Gasteiger partial charge on any atom is -0.463 e. The zero-order chi connectivity index (χ0) is 26.0. The van der Waals surface area contributed by atoms with Gasteiger partial charge in [-0.1, -0.05) is 23.2 Å². The van der Waals surface area contributed by atoms with E-state index in [0.29, 0.717) is 69.6 Å². The summed E-state index contributed by atoms with van der Waals surface area (Å²) < 4.78 is 39.8. The molecule has 2 aromatic heterocycles. The average Bonchev–Trinajstić information content (AvgIpc) is 3.58. The highest BCUT2D eigenvalue weighted by Crippen LogP contribution is 2.31. The van der Waals surface area contributed by atoms with Crippen LogP contribution in [0.2, 0.25) is 10.0 Å². The minimum absolute atomic E-state index is 0.213. The molecular formula is C25H22Cl2N4O4S2. The molecule has 1 saturated heterocycles. The van der Waals surface area contributed by atoms with Crippen molar-refractivity contribution in [2.75, 3.05) is 26.3 Å². The van der Waals surface area contributed by atoms with Gasteiger partial charge >= 0.3 is 0 Å². The second kappa shape index (κ2) is 10.9. The second-order valence-electron chi connectivity index (χ2n) is 8.12. The quantitative estimate of drug-likeness (QED) is 0.278. The molecule has 0 radical (unpaired) electrons. The van der Waals surface area contributed by atoms with Crippen LogP contribution in [0.15, 0.2) is 85.6 Å². The van der Waals surface area contributed by atoms with E-state index in [9.17, 15) is 8.42 Å². The smallest absolute Gasteiger partial charge is 0.243 e. The molecule has 4 aromatic rings. The molecule has 37 heavy (non-hydrogen) atoms. The maximum atomic E-state index is 13.0. The Balaban J connectivity index is 1.57. The Morgan fingerprint density at radius 3 is 2.51 bits per heavy atom.